The number of benzene rings is 7. The second kappa shape index (κ2) is 11.8. The standard InChI is InChI=1S/C40H26.C7H12N2/c1-25-14-16-26(17-15-25)28-18-21-31-29(24-28)19-22-34-38-30-9-3-2-8-27(30)20-23-37(38)40(39(31)34)35-12-6-4-10-32(35)33-11-5-7-13-36(33)40;1-4-6(8)7(5-2)9-3/h2-24H,1H3;4-5,9H,1-2,8H2,3H3/b;7-6-. The maximum atomic E-state index is 5.47. The lowest BCUT2D eigenvalue weighted by molar-refractivity contribution is 0.802. The van der Waals surface area contributed by atoms with E-state index >= 15 is 0 Å². The van der Waals surface area contributed by atoms with E-state index in [2.05, 4.69) is 165 Å². The Hall–Kier alpha value is -6.12. The first-order chi connectivity index (χ1) is 24.0. The van der Waals surface area contributed by atoms with Crippen LogP contribution in [0.15, 0.2) is 176 Å². The van der Waals surface area contributed by atoms with E-state index in [-0.39, 0.29) is 5.41 Å². The zero-order valence-electron chi connectivity index (χ0n) is 27.9. The van der Waals surface area contributed by atoms with Gasteiger partial charge in [0.05, 0.1) is 16.8 Å². The normalized spacial score (nSPS) is 13.4. The van der Waals surface area contributed by atoms with Gasteiger partial charge >= 0.3 is 0 Å². The molecule has 0 fully saturated rings. The number of hydrogen-bond donors (Lipinski definition) is 2. The highest BCUT2D eigenvalue weighted by molar-refractivity contribution is 6.11. The van der Waals surface area contributed by atoms with Crippen molar-refractivity contribution >= 4 is 21.5 Å². The Morgan fingerprint density at radius 1 is 0.592 bits per heavy atom. The Labute approximate surface area is 288 Å². The molecule has 3 N–H and O–H groups in total. The van der Waals surface area contributed by atoms with Crippen LogP contribution >= 0.6 is 0 Å². The molecule has 49 heavy (non-hydrogen) atoms. The summed E-state index contributed by atoms with van der Waals surface area (Å²) < 4.78 is 0. The highest BCUT2D eigenvalue weighted by atomic mass is 14.8. The van der Waals surface area contributed by atoms with Gasteiger partial charge < -0.3 is 11.1 Å². The van der Waals surface area contributed by atoms with Crippen molar-refractivity contribution in [3.63, 3.8) is 0 Å². The summed E-state index contributed by atoms with van der Waals surface area (Å²) >= 11 is 0. The molecular formula is C47H38N2. The number of nitrogens with two attached hydrogens (primary N) is 1. The van der Waals surface area contributed by atoms with E-state index in [0.29, 0.717) is 5.70 Å². The minimum Gasteiger partial charge on any atom is -0.397 e. The molecule has 7 aromatic carbocycles. The van der Waals surface area contributed by atoms with Gasteiger partial charge in [0.15, 0.2) is 0 Å². The van der Waals surface area contributed by atoms with Crippen LogP contribution in [0.1, 0.15) is 27.8 Å². The predicted octanol–water partition coefficient (Wildman–Crippen LogP) is 11.1. The number of rotatable bonds is 4. The van der Waals surface area contributed by atoms with Crippen molar-refractivity contribution in [3.8, 4) is 33.4 Å². The predicted molar refractivity (Wildman–Crippen MR) is 209 cm³/mol. The molecule has 0 heterocycles. The topological polar surface area (TPSA) is 38.0 Å². The summed E-state index contributed by atoms with van der Waals surface area (Å²) in [5, 5.41) is 8.11. The molecule has 2 aliphatic carbocycles. The lowest BCUT2D eigenvalue weighted by atomic mass is 9.69. The van der Waals surface area contributed by atoms with Gasteiger partial charge in [-0.05, 0) is 102 Å². The van der Waals surface area contributed by atoms with Gasteiger partial charge in [0.2, 0.25) is 0 Å². The van der Waals surface area contributed by atoms with E-state index in [1.54, 1.807) is 19.2 Å². The molecule has 0 bridgehead atoms. The zero-order chi connectivity index (χ0) is 33.7. The number of aryl methyl sites for hydroxylation is 1. The number of fused-ring (bicyclic) bond motifs is 14. The summed E-state index contributed by atoms with van der Waals surface area (Å²) in [4.78, 5) is 0. The molecule has 9 rings (SSSR count). The molecule has 0 amide bonds. The third-order valence-corrected chi connectivity index (χ3v) is 10.3. The second-order valence-corrected chi connectivity index (χ2v) is 12.9. The minimum absolute atomic E-state index is 0.354. The molecule has 0 saturated heterocycles. The smallest absolute Gasteiger partial charge is 0.0731 e. The SMILES string of the molecule is C=C/C(N)=C(\C=C)NC.Cc1ccc(-c2ccc3c4c(ccc3c2)-c2c(ccc3ccccc23)C42c3ccccc3-c3ccccc32)cc1. The van der Waals surface area contributed by atoms with Gasteiger partial charge in [-0.15, -0.1) is 0 Å². The number of nitrogens with one attached hydrogen (secondary N) is 1. The van der Waals surface area contributed by atoms with Crippen molar-refractivity contribution in [3.05, 3.63) is 204 Å². The largest absolute Gasteiger partial charge is 0.397 e. The van der Waals surface area contributed by atoms with Crippen LogP contribution in [0.3, 0.4) is 0 Å². The first-order valence-electron chi connectivity index (χ1n) is 16.8. The summed E-state index contributed by atoms with van der Waals surface area (Å²) in [6.45, 7) is 9.20. The molecule has 2 nitrogen and oxygen atoms in total. The molecule has 0 aliphatic heterocycles. The molecule has 0 unspecified atom stereocenters. The minimum atomic E-state index is -0.354. The molecule has 7 aromatic rings. The van der Waals surface area contributed by atoms with Crippen LogP contribution < -0.4 is 11.1 Å². The fourth-order valence-corrected chi connectivity index (χ4v) is 8.15. The highest BCUT2D eigenvalue weighted by Gasteiger charge is 2.52. The van der Waals surface area contributed by atoms with Crippen molar-refractivity contribution in [2.75, 3.05) is 7.05 Å². The van der Waals surface area contributed by atoms with Gasteiger partial charge in [-0.1, -0.05) is 152 Å². The van der Waals surface area contributed by atoms with E-state index in [1.807, 2.05) is 0 Å². The third kappa shape index (κ3) is 4.48. The molecule has 2 aliphatic rings. The van der Waals surface area contributed by atoms with E-state index in [4.69, 9.17) is 5.73 Å². The van der Waals surface area contributed by atoms with Gasteiger partial charge in [0, 0.05) is 7.05 Å². The van der Waals surface area contributed by atoms with Gasteiger partial charge in [0.25, 0.3) is 0 Å². The van der Waals surface area contributed by atoms with Crippen LogP contribution in [0, 0.1) is 6.92 Å². The summed E-state index contributed by atoms with van der Waals surface area (Å²) in [5.41, 5.74) is 21.4. The molecule has 2 heteroatoms. The van der Waals surface area contributed by atoms with Crippen LogP contribution in [0.4, 0.5) is 0 Å². The Bertz CT molecular complexity index is 2430. The first-order valence-corrected chi connectivity index (χ1v) is 16.8. The van der Waals surface area contributed by atoms with Crippen molar-refractivity contribution in [1.82, 2.24) is 5.32 Å². The molecule has 0 aromatic heterocycles. The summed E-state index contributed by atoms with van der Waals surface area (Å²) in [6.07, 6.45) is 3.23. The lowest BCUT2D eigenvalue weighted by Gasteiger charge is -2.31. The number of allylic oxidation sites excluding steroid dienone is 2. The first kappa shape index (κ1) is 30.2. The summed E-state index contributed by atoms with van der Waals surface area (Å²) in [5.74, 6) is 0. The Morgan fingerprint density at radius 3 is 1.88 bits per heavy atom. The molecule has 0 atom stereocenters. The van der Waals surface area contributed by atoms with Gasteiger partial charge in [-0.25, -0.2) is 0 Å². The van der Waals surface area contributed by atoms with Gasteiger partial charge in [-0.2, -0.15) is 0 Å². The van der Waals surface area contributed by atoms with Crippen LogP contribution in [0.5, 0.6) is 0 Å². The van der Waals surface area contributed by atoms with Crippen molar-refractivity contribution in [2.45, 2.75) is 12.3 Å². The van der Waals surface area contributed by atoms with Crippen LogP contribution in [0.25, 0.3) is 54.9 Å². The van der Waals surface area contributed by atoms with Crippen molar-refractivity contribution in [2.24, 2.45) is 5.73 Å². The zero-order valence-corrected chi connectivity index (χ0v) is 27.9. The van der Waals surface area contributed by atoms with Gasteiger partial charge in [0.1, 0.15) is 0 Å². The van der Waals surface area contributed by atoms with E-state index in [1.165, 1.54) is 82.7 Å². The quantitative estimate of drug-likeness (QED) is 0.190. The third-order valence-electron chi connectivity index (χ3n) is 10.3. The maximum absolute atomic E-state index is 5.47. The molecule has 0 saturated carbocycles. The molecule has 0 radical (unpaired) electrons. The number of hydrogen-bond acceptors (Lipinski definition) is 2. The fraction of sp³-hybridized carbons (Fsp3) is 0.0638. The average Bonchev–Trinajstić information content (AvgIpc) is 3.63. The lowest BCUT2D eigenvalue weighted by Crippen LogP contribution is -2.26. The van der Waals surface area contributed by atoms with Gasteiger partial charge in [-0.3, -0.25) is 0 Å². The van der Waals surface area contributed by atoms with E-state index < -0.39 is 0 Å². The monoisotopic (exact) mass is 630 g/mol. The molecule has 1 spiro atoms. The Balaban J connectivity index is 0.000000344. The maximum Gasteiger partial charge on any atom is 0.0731 e. The summed E-state index contributed by atoms with van der Waals surface area (Å²) in [6, 6.07) is 52.4. The van der Waals surface area contributed by atoms with E-state index in [0.717, 1.165) is 5.70 Å². The summed E-state index contributed by atoms with van der Waals surface area (Å²) in [7, 11) is 1.79. The average molecular weight is 631 g/mol. The molecular weight excluding hydrogens is 593 g/mol. The van der Waals surface area contributed by atoms with Crippen LogP contribution in [-0.2, 0) is 5.41 Å². The van der Waals surface area contributed by atoms with Crippen molar-refractivity contribution < 1.29 is 0 Å². The van der Waals surface area contributed by atoms with Crippen molar-refractivity contribution in [1.29, 1.82) is 0 Å². The Kier molecular flexibility index (Phi) is 7.31. The van der Waals surface area contributed by atoms with Crippen LogP contribution in [0.2, 0.25) is 0 Å². The Morgan fingerprint density at radius 2 is 1.22 bits per heavy atom. The molecule has 236 valence electrons. The second-order valence-electron chi connectivity index (χ2n) is 12.9. The fourth-order valence-electron chi connectivity index (χ4n) is 8.15. The van der Waals surface area contributed by atoms with E-state index in [9.17, 15) is 0 Å². The van der Waals surface area contributed by atoms with Crippen LogP contribution in [-0.4, -0.2) is 7.05 Å². The number of likely N-dealkylation sites (N-methyl/N-ethyl adjacent to an activating group) is 1. The highest BCUT2D eigenvalue weighted by Crippen LogP contribution is 2.65.